The van der Waals surface area contributed by atoms with Gasteiger partial charge < -0.3 is 40.2 Å². The number of likely N-dealkylation sites (N-methyl/N-ethyl adjacent to an activating group) is 1. The number of piperidine rings is 1. The highest BCUT2D eigenvalue weighted by atomic mass is 16.6. The Kier molecular flexibility index (Phi) is 9.58. The number of ether oxygens (including phenoxy) is 3. The van der Waals surface area contributed by atoms with Crippen LogP contribution in [0, 0.1) is 5.92 Å². The Balaban J connectivity index is 1.54. The molecule has 2 aliphatic carbocycles. The van der Waals surface area contributed by atoms with Gasteiger partial charge in [0.05, 0.1) is 29.9 Å². The van der Waals surface area contributed by atoms with Gasteiger partial charge in [-0.25, -0.2) is 9.59 Å². The molecule has 2 bridgehead atoms. The van der Waals surface area contributed by atoms with Crippen molar-refractivity contribution in [2.45, 2.75) is 94.2 Å². The molecular formula is C33H39N3O13. The van der Waals surface area contributed by atoms with E-state index in [0.717, 1.165) is 12.5 Å². The molecule has 0 radical (unpaired) electrons. The van der Waals surface area contributed by atoms with E-state index in [1.54, 1.807) is 26.0 Å². The number of esters is 2. The number of amides is 2. The van der Waals surface area contributed by atoms with E-state index >= 15 is 0 Å². The number of aliphatic hydroxyl groups excluding tert-OH is 1. The largest absolute Gasteiger partial charge is 0.480 e. The first-order valence-electron chi connectivity index (χ1n) is 15.9. The lowest BCUT2D eigenvalue weighted by Crippen LogP contribution is -2.75. The van der Waals surface area contributed by atoms with Crippen LogP contribution >= 0.6 is 0 Å². The number of hydrogen-bond donors (Lipinski definition) is 5. The van der Waals surface area contributed by atoms with E-state index in [4.69, 9.17) is 14.2 Å². The normalized spacial score (nSPS) is 26.5. The lowest BCUT2D eigenvalue weighted by atomic mass is 9.50. The van der Waals surface area contributed by atoms with Gasteiger partial charge in [0.2, 0.25) is 11.8 Å². The zero-order valence-corrected chi connectivity index (χ0v) is 27.4. The lowest BCUT2D eigenvalue weighted by Gasteiger charge is -2.62. The lowest BCUT2D eigenvalue weighted by molar-refractivity contribution is -0.207. The number of carboxylic acid groups (broad SMARTS) is 2. The standard InChI is InChI=1S/C33H39N3O13/c1-15(2)28(41)34-19(30(43)44)12-23(39)47-21-7-8-33(49-24(40)13-20(31(45)46)35-29(42)16(3)38)22-11-17-5-6-18(14-37)26-25(17)32(33,27(21)48-26)9-10-36(22)4/h5-7,14-16,19-20,22,27,38H,8-13H2,1-4H3,(H,34,41)(H,35,42)(H,43,44)(H,45,46)/t16-,19-,20-,22+,27-,32-,33+/m0/s1. The van der Waals surface area contributed by atoms with Gasteiger partial charge in [-0.05, 0) is 51.1 Å². The number of carbonyl (C=O) groups excluding carboxylic acids is 5. The van der Waals surface area contributed by atoms with Gasteiger partial charge in [-0.1, -0.05) is 19.9 Å². The van der Waals surface area contributed by atoms with E-state index in [2.05, 4.69) is 10.6 Å². The Labute approximate surface area is 280 Å². The average molecular weight is 686 g/mol. The fourth-order valence-corrected chi connectivity index (χ4v) is 7.52. The smallest absolute Gasteiger partial charge is 0.326 e. The molecule has 5 N–H and O–H groups in total. The minimum absolute atomic E-state index is 0.00723. The number of aldehydes is 1. The minimum atomic E-state index is -1.71. The number of likely N-dealkylation sites (tertiary alicyclic amines) is 1. The molecule has 1 saturated heterocycles. The molecule has 0 unspecified atom stereocenters. The average Bonchev–Trinajstić information content (AvgIpc) is 3.38. The number of rotatable bonds is 13. The third kappa shape index (κ3) is 6.03. The maximum atomic E-state index is 13.7. The molecule has 0 saturated carbocycles. The summed E-state index contributed by atoms with van der Waals surface area (Å²) in [5.41, 5.74) is -1.03. The second-order valence-electron chi connectivity index (χ2n) is 13.2. The maximum Gasteiger partial charge on any atom is 0.326 e. The summed E-state index contributed by atoms with van der Waals surface area (Å²) >= 11 is 0. The van der Waals surface area contributed by atoms with Gasteiger partial charge in [0, 0.05) is 17.9 Å². The van der Waals surface area contributed by atoms with E-state index in [1.165, 1.54) is 6.08 Å². The van der Waals surface area contributed by atoms with Crippen molar-refractivity contribution in [1.82, 2.24) is 15.5 Å². The Morgan fingerprint density at radius 3 is 2.24 bits per heavy atom. The van der Waals surface area contributed by atoms with Crippen LogP contribution < -0.4 is 15.4 Å². The number of carboxylic acids is 2. The van der Waals surface area contributed by atoms with E-state index in [-0.39, 0.29) is 23.5 Å². The summed E-state index contributed by atoms with van der Waals surface area (Å²) in [5.74, 6) is -6.75. The summed E-state index contributed by atoms with van der Waals surface area (Å²) in [6.45, 7) is 4.76. The van der Waals surface area contributed by atoms with Crippen molar-refractivity contribution in [2.75, 3.05) is 13.6 Å². The first kappa shape index (κ1) is 35.5. The van der Waals surface area contributed by atoms with Gasteiger partial charge in [0.1, 0.15) is 35.3 Å². The number of nitrogens with zero attached hydrogens (tertiary/aromatic N) is 1. The summed E-state index contributed by atoms with van der Waals surface area (Å²) in [6.07, 6.45) is -1.39. The van der Waals surface area contributed by atoms with Gasteiger partial charge in [0.15, 0.2) is 12.4 Å². The molecule has 2 amide bonds. The molecule has 1 spiro atoms. The second kappa shape index (κ2) is 13.2. The second-order valence-corrected chi connectivity index (χ2v) is 13.2. The monoisotopic (exact) mass is 685 g/mol. The van der Waals surface area contributed by atoms with Crippen molar-refractivity contribution >= 4 is 42.0 Å². The number of nitrogens with one attached hydrogen (secondary N) is 2. The van der Waals surface area contributed by atoms with Crippen LogP contribution in [0.2, 0.25) is 0 Å². The van der Waals surface area contributed by atoms with E-state index in [9.17, 15) is 48.9 Å². The zero-order chi connectivity index (χ0) is 36.0. The Morgan fingerprint density at radius 2 is 1.65 bits per heavy atom. The molecule has 1 aromatic rings. The minimum Gasteiger partial charge on any atom is -0.480 e. The molecule has 1 aromatic carbocycles. The number of aliphatic hydroxyl groups is 1. The highest BCUT2D eigenvalue weighted by Crippen LogP contribution is 2.65. The van der Waals surface area contributed by atoms with E-state index < -0.39 is 95.8 Å². The van der Waals surface area contributed by atoms with Crippen LogP contribution in [0.25, 0.3) is 0 Å². The summed E-state index contributed by atoms with van der Waals surface area (Å²) < 4.78 is 18.6. The molecular weight excluding hydrogens is 646 g/mol. The summed E-state index contributed by atoms with van der Waals surface area (Å²) in [6, 6.07) is -0.365. The summed E-state index contributed by atoms with van der Waals surface area (Å²) in [4.78, 5) is 89.3. The Hall–Kier alpha value is -4.83. The molecule has 4 aliphatic rings. The first-order valence-corrected chi connectivity index (χ1v) is 15.9. The molecule has 1 fully saturated rings. The van der Waals surface area contributed by atoms with Crippen molar-refractivity contribution in [3.8, 4) is 5.75 Å². The van der Waals surface area contributed by atoms with Crippen LogP contribution in [0.3, 0.4) is 0 Å². The number of carbonyl (C=O) groups is 7. The summed E-state index contributed by atoms with van der Waals surface area (Å²) in [5, 5.41) is 33.4. The highest BCUT2D eigenvalue weighted by molar-refractivity contribution is 5.90. The Morgan fingerprint density at radius 1 is 1.02 bits per heavy atom. The van der Waals surface area contributed by atoms with Crippen LogP contribution in [0.5, 0.6) is 5.75 Å². The molecule has 16 nitrogen and oxygen atoms in total. The number of hydrogen-bond acceptors (Lipinski definition) is 12. The maximum absolute atomic E-state index is 13.7. The highest BCUT2D eigenvalue weighted by Gasteiger charge is 2.74. The first-order chi connectivity index (χ1) is 23.1. The molecule has 264 valence electrons. The molecule has 16 heteroatoms. The SMILES string of the molecule is CC(C)C(=O)N[C@@H](CC(=O)OC1=CC[C@@]2(OC(=O)C[C@H](NC(=O)[C@H](C)O)C(=O)O)[C@H]3Cc4ccc(C=O)c5c4[C@@]2(CCN3C)[C@H]1O5)C(=O)O. The molecule has 5 rings (SSSR count). The van der Waals surface area contributed by atoms with Crippen LogP contribution in [-0.2, 0) is 50.1 Å². The van der Waals surface area contributed by atoms with Crippen molar-refractivity contribution in [3.05, 3.63) is 40.7 Å². The van der Waals surface area contributed by atoms with Crippen LogP contribution in [0.4, 0.5) is 0 Å². The third-order valence-electron chi connectivity index (χ3n) is 9.90. The molecule has 49 heavy (non-hydrogen) atoms. The molecule has 7 atom stereocenters. The fourth-order valence-electron chi connectivity index (χ4n) is 7.52. The molecule has 0 aromatic heterocycles. The van der Waals surface area contributed by atoms with Gasteiger partial charge in [-0.15, -0.1) is 0 Å². The zero-order valence-electron chi connectivity index (χ0n) is 27.4. The fraction of sp³-hybridized carbons (Fsp3) is 0.545. The number of aliphatic carboxylic acids is 2. The predicted octanol–water partition coefficient (Wildman–Crippen LogP) is -0.173. The molecule has 2 heterocycles. The van der Waals surface area contributed by atoms with E-state index in [0.29, 0.717) is 31.2 Å². The van der Waals surface area contributed by atoms with Crippen molar-refractivity contribution in [1.29, 1.82) is 0 Å². The van der Waals surface area contributed by atoms with Gasteiger partial charge in [-0.2, -0.15) is 0 Å². The van der Waals surface area contributed by atoms with Gasteiger partial charge >= 0.3 is 23.9 Å². The van der Waals surface area contributed by atoms with Crippen molar-refractivity contribution in [2.24, 2.45) is 5.92 Å². The van der Waals surface area contributed by atoms with Crippen molar-refractivity contribution in [3.63, 3.8) is 0 Å². The topological polar surface area (TPSA) is 235 Å². The quantitative estimate of drug-likeness (QED) is 0.134. The van der Waals surface area contributed by atoms with Gasteiger partial charge in [-0.3, -0.25) is 28.9 Å². The Bertz CT molecular complexity index is 1640. The van der Waals surface area contributed by atoms with Crippen LogP contribution in [-0.4, -0.2) is 112 Å². The predicted molar refractivity (Wildman–Crippen MR) is 165 cm³/mol. The summed E-state index contributed by atoms with van der Waals surface area (Å²) in [7, 11) is 1.85. The van der Waals surface area contributed by atoms with Crippen molar-refractivity contribution < 1.29 is 63.1 Å². The van der Waals surface area contributed by atoms with Gasteiger partial charge in [0.25, 0.3) is 0 Å². The van der Waals surface area contributed by atoms with E-state index in [1.807, 2.05) is 11.9 Å². The van der Waals surface area contributed by atoms with Crippen LogP contribution in [0.1, 0.15) is 67.9 Å². The number of benzene rings is 1. The third-order valence-corrected chi connectivity index (χ3v) is 9.90. The molecule has 2 aliphatic heterocycles. The van der Waals surface area contributed by atoms with Crippen LogP contribution in [0.15, 0.2) is 24.0 Å².